The Morgan fingerprint density at radius 3 is 2.96 bits per heavy atom. The molecule has 0 aliphatic carbocycles. The molecule has 6 nitrogen and oxygen atoms in total. The largest absolute Gasteiger partial charge is 0.386 e. The topological polar surface area (TPSA) is 69.6 Å². The van der Waals surface area contributed by atoms with E-state index in [1.165, 1.54) is 0 Å². The van der Waals surface area contributed by atoms with Crippen LogP contribution in [-0.4, -0.2) is 58.2 Å². The highest BCUT2D eigenvalue weighted by Gasteiger charge is 2.36. The van der Waals surface area contributed by atoms with Gasteiger partial charge in [0.1, 0.15) is 5.82 Å². The summed E-state index contributed by atoms with van der Waals surface area (Å²) in [5, 5.41) is 11.0. The quantitative estimate of drug-likeness (QED) is 0.920. The third kappa shape index (κ3) is 4.14. The van der Waals surface area contributed by atoms with Crippen molar-refractivity contribution in [1.82, 2.24) is 14.9 Å². The summed E-state index contributed by atoms with van der Waals surface area (Å²) in [4.78, 5) is 24.7. The number of benzene rings is 1. The predicted octanol–water partition coefficient (Wildman–Crippen LogP) is 1.89. The molecule has 6 heteroatoms. The molecule has 3 rings (SSSR count). The van der Waals surface area contributed by atoms with Gasteiger partial charge in [-0.15, -0.1) is 0 Å². The number of piperidine rings is 1. The van der Waals surface area contributed by atoms with E-state index < -0.39 is 5.60 Å². The lowest BCUT2D eigenvalue weighted by Crippen LogP contribution is -2.54. The molecule has 1 aromatic carbocycles. The highest BCUT2D eigenvalue weighted by Crippen LogP contribution is 2.25. The molecular weight excluding hydrogens is 316 g/mol. The van der Waals surface area contributed by atoms with Crippen LogP contribution >= 0.6 is 0 Å². The van der Waals surface area contributed by atoms with Crippen molar-refractivity contribution in [3.8, 4) is 0 Å². The number of carbonyl (C=O) groups is 1. The highest BCUT2D eigenvalue weighted by molar-refractivity contribution is 5.94. The smallest absolute Gasteiger partial charge is 0.253 e. The first kappa shape index (κ1) is 17.4. The molecule has 132 valence electrons. The van der Waals surface area contributed by atoms with Crippen LogP contribution in [0.4, 0.5) is 5.82 Å². The lowest BCUT2D eigenvalue weighted by Gasteiger charge is -2.41. The van der Waals surface area contributed by atoms with Gasteiger partial charge in [0.2, 0.25) is 0 Å². The fourth-order valence-electron chi connectivity index (χ4n) is 3.40. The van der Waals surface area contributed by atoms with E-state index in [4.69, 9.17) is 0 Å². The fraction of sp³-hybridized carbons (Fsp3) is 0.421. The number of aromatic nitrogens is 2. The Morgan fingerprint density at radius 1 is 1.40 bits per heavy atom. The molecule has 0 bridgehead atoms. The van der Waals surface area contributed by atoms with Crippen LogP contribution in [0.1, 0.15) is 28.8 Å². The second kappa shape index (κ2) is 7.19. The summed E-state index contributed by atoms with van der Waals surface area (Å²) in [6, 6.07) is 7.52. The number of rotatable bonds is 4. The maximum Gasteiger partial charge on any atom is 0.253 e. The maximum atomic E-state index is 12.6. The first-order valence-corrected chi connectivity index (χ1v) is 8.52. The van der Waals surface area contributed by atoms with E-state index in [2.05, 4.69) is 9.97 Å². The van der Waals surface area contributed by atoms with Crippen LogP contribution < -0.4 is 4.90 Å². The van der Waals surface area contributed by atoms with Crippen molar-refractivity contribution in [2.75, 3.05) is 31.6 Å². The number of aryl methyl sites for hydroxylation is 1. The Morgan fingerprint density at radius 2 is 2.24 bits per heavy atom. The average molecular weight is 340 g/mol. The van der Waals surface area contributed by atoms with Gasteiger partial charge in [-0.1, -0.05) is 17.7 Å². The first-order valence-electron chi connectivity index (χ1n) is 8.52. The number of likely N-dealkylation sites (N-methyl/N-ethyl adjacent to an activating group) is 1. The van der Waals surface area contributed by atoms with Gasteiger partial charge in [0, 0.05) is 38.1 Å². The van der Waals surface area contributed by atoms with Gasteiger partial charge in [0.25, 0.3) is 5.91 Å². The zero-order chi connectivity index (χ0) is 17.9. The summed E-state index contributed by atoms with van der Waals surface area (Å²) in [7, 11) is 1.74. The standard InChI is InChI=1S/C19H24N4O2/c1-15-5-3-6-16(11-15)18(24)22(2)13-19(25)7-4-10-23(14-19)17-12-20-8-9-21-17/h3,5-6,8-9,11-12,25H,4,7,10,13-14H2,1-2H3. The molecule has 1 amide bonds. The van der Waals surface area contributed by atoms with Crippen molar-refractivity contribution in [1.29, 1.82) is 0 Å². The lowest BCUT2D eigenvalue weighted by molar-refractivity contribution is -0.000145. The first-order chi connectivity index (χ1) is 12.0. The number of hydrogen-bond acceptors (Lipinski definition) is 5. The van der Waals surface area contributed by atoms with Crippen molar-refractivity contribution >= 4 is 11.7 Å². The second-order valence-corrected chi connectivity index (χ2v) is 6.84. The maximum absolute atomic E-state index is 12.6. The number of nitrogens with zero attached hydrogens (tertiary/aromatic N) is 4. The van der Waals surface area contributed by atoms with E-state index in [9.17, 15) is 9.90 Å². The minimum atomic E-state index is -0.954. The van der Waals surface area contributed by atoms with Crippen molar-refractivity contribution < 1.29 is 9.90 Å². The van der Waals surface area contributed by atoms with Gasteiger partial charge in [-0.25, -0.2) is 4.98 Å². The lowest BCUT2D eigenvalue weighted by atomic mass is 9.92. The van der Waals surface area contributed by atoms with Crippen LogP contribution in [0.3, 0.4) is 0 Å². The van der Waals surface area contributed by atoms with Gasteiger partial charge in [-0.2, -0.15) is 0 Å². The van der Waals surface area contributed by atoms with Crippen LogP contribution in [0.15, 0.2) is 42.9 Å². The number of aliphatic hydroxyl groups is 1. The number of amides is 1. The highest BCUT2D eigenvalue weighted by atomic mass is 16.3. The van der Waals surface area contributed by atoms with Crippen LogP contribution in [0.2, 0.25) is 0 Å². The molecule has 2 aromatic rings. The predicted molar refractivity (Wildman–Crippen MR) is 96.6 cm³/mol. The molecule has 0 radical (unpaired) electrons. The fourth-order valence-corrected chi connectivity index (χ4v) is 3.40. The monoisotopic (exact) mass is 340 g/mol. The molecule has 1 saturated heterocycles. The molecule has 1 unspecified atom stereocenters. The van der Waals surface area contributed by atoms with E-state index >= 15 is 0 Å². The zero-order valence-corrected chi connectivity index (χ0v) is 14.7. The molecule has 2 heterocycles. The summed E-state index contributed by atoms with van der Waals surface area (Å²) >= 11 is 0. The van der Waals surface area contributed by atoms with Gasteiger partial charge >= 0.3 is 0 Å². The molecule has 1 aliphatic rings. The van der Waals surface area contributed by atoms with Crippen LogP contribution in [-0.2, 0) is 0 Å². The third-order valence-electron chi connectivity index (χ3n) is 4.57. The van der Waals surface area contributed by atoms with Gasteiger partial charge < -0.3 is 14.9 Å². The van der Waals surface area contributed by atoms with Gasteiger partial charge in [0.15, 0.2) is 0 Å². The van der Waals surface area contributed by atoms with Crippen molar-refractivity contribution in [3.63, 3.8) is 0 Å². The van der Waals surface area contributed by atoms with Crippen LogP contribution in [0, 0.1) is 6.92 Å². The molecule has 1 fully saturated rings. The second-order valence-electron chi connectivity index (χ2n) is 6.84. The molecule has 1 aromatic heterocycles. The summed E-state index contributed by atoms with van der Waals surface area (Å²) in [5.41, 5.74) is 0.737. The minimum absolute atomic E-state index is 0.0752. The molecule has 1 atom stereocenters. The number of anilines is 1. The van der Waals surface area contributed by atoms with E-state index in [0.717, 1.165) is 24.3 Å². The third-order valence-corrected chi connectivity index (χ3v) is 4.57. The zero-order valence-electron chi connectivity index (χ0n) is 14.7. The Labute approximate surface area is 148 Å². The van der Waals surface area contributed by atoms with Crippen molar-refractivity contribution in [2.45, 2.75) is 25.4 Å². The molecule has 1 N–H and O–H groups in total. The van der Waals surface area contributed by atoms with Crippen LogP contribution in [0.25, 0.3) is 0 Å². The Hall–Kier alpha value is -2.47. The summed E-state index contributed by atoms with van der Waals surface area (Å²) < 4.78 is 0. The van der Waals surface area contributed by atoms with Crippen molar-refractivity contribution in [3.05, 3.63) is 54.0 Å². The van der Waals surface area contributed by atoms with Crippen LogP contribution in [0.5, 0.6) is 0 Å². The van der Waals surface area contributed by atoms with Crippen molar-refractivity contribution in [2.24, 2.45) is 0 Å². The number of carbonyl (C=O) groups excluding carboxylic acids is 1. The van der Waals surface area contributed by atoms with E-state index in [0.29, 0.717) is 18.5 Å². The van der Waals surface area contributed by atoms with E-state index in [1.54, 1.807) is 30.5 Å². The molecule has 1 aliphatic heterocycles. The van der Waals surface area contributed by atoms with Gasteiger partial charge in [-0.3, -0.25) is 9.78 Å². The summed E-state index contributed by atoms with van der Waals surface area (Å²) in [6.45, 7) is 3.52. The Kier molecular flexibility index (Phi) is 4.99. The van der Waals surface area contributed by atoms with E-state index in [-0.39, 0.29) is 12.5 Å². The summed E-state index contributed by atoms with van der Waals surface area (Å²) in [6.07, 6.45) is 6.49. The summed E-state index contributed by atoms with van der Waals surface area (Å²) in [5.74, 6) is 0.682. The molecule has 0 spiro atoms. The molecule has 0 saturated carbocycles. The molecular formula is C19H24N4O2. The number of β-amino-alcohol motifs (C(OH)–C–C–N with tert-alkyl or cyclic N) is 1. The molecule has 25 heavy (non-hydrogen) atoms. The Bertz CT molecular complexity index is 737. The Balaban J connectivity index is 1.69. The van der Waals surface area contributed by atoms with E-state index in [1.807, 2.05) is 36.1 Å². The minimum Gasteiger partial charge on any atom is -0.386 e. The average Bonchev–Trinajstić information content (AvgIpc) is 2.61. The SMILES string of the molecule is Cc1cccc(C(=O)N(C)CC2(O)CCCN(c3cnccn3)C2)c1. The number of hydrogen-bond donors (Lipinski definition) is 1. The van der Waals surface area contributed by atoms with Gasteiger partial charge in [-0.05, 0) is 31.9 Å². The normalized spacial score (nSPS) is 20.4. The van der Waals surface area contributed by atoms with Gasteiger partial charge in [0.05, 0.1) is 18.3 Å².